The summed E-state index contributed by atoms with van der Waals surface area (Å²) in [6, 6.07) is 17.6. The average molecular weight is 367 g/mol. The van der Waals surface area contributed by atoms with Crippen LogP contribution in [0.3, 0.4) is 0 Å². The predicted octanol–water partition coefficient (Wildman–Crippen LogP) is 7.93. The number of para-hydroxylation sites is 1. The first-order chi connectivity index (χ1) is 13.2. The molecule has 0 unspecified atom stereocenters. The maximum atomic E-state index is 3.60. The van der Waals surface area contributed by atoms with E-state index in [1.54, 1.807) is 0 Å². The summed E-state index contributed by atoms with van der Waals surface area (Å²) in [5.41, 5.74) is 5.02. The van der Waals surface area contributed by atoms with Crippen molar-refractivity contribution in [1.82, 2.24) is 0 Å². The summed E-state index contributed by atoms with van der Waals surface area (Å²) in [6.45, 7) is 6.66. The molecular formula is C25H38N2. The molecule has 0 aromatic heterocycles. The average Bonchev–Trinajstić information content (AvgIpc) is 2.66. The normalized spacial score (nSPS) is 11.0. The smallest absolute Gasteiger partial charge is 0.0418 e. The third-order valence-corrected chi connectivity index (χ3v) is 4.91. The molecule has 0 fully saturated rings. The molecule has 2 aromatic carbocycles. The highest BCUT2D eigenvalue weighted by Gasteiger charge is 2.06. The Morgan fingerprint density at radius 3 is 2.07 bits per heavy atom. The SMILES string of the molecule is CCCCCCCCCCc1cc(NC(C)C)ccc1Nc1ccccc1. The van der Waals surface area contributed by atoms with Crippen LogP contribution >= 0.6 is 0 Å². The molecule has 0 radical (unpaired) electrons. The van der Waals surface area contributed by atoms with Crippen LogP contribution in [-0.2, 0) is 6.42 Å². The Morgan fingerprint density at radius 1 is 0.741 bits per heavy atom. The number of aryl methyl sites for hydroxylation is 1. The summed E-state index contributed by atoms with van der Waals surface area (Å²) >= 11 is 0. The van der Waals surface area contributed by atoms with Gasteiger partial charge in [-0.05, 0) is 62.6 Å². The highest BCUT2D eigenvalue weighted by atomic mass is 14.9. The van der Waals surface area contributed by atoms with Gasteiger partial charge in [0.1, 0.15) is 0 Å². The molecule has 0 heterocycles. The summed E-state index contributed by atoms with van der Waals surface area (Å²) in [5.74, 6) is 0. The van der Waals surface area contributed by atoms with Crippen molar-refractivity contribution < 1.29 is 0 Å². The second-order valence-corrected chi connectivity index (χ2v) is 7.89. The van der Waals surface area contributed by atoms with Gasteiger partial charge < -0.3 is 10.6 Å². The van der Waals surface area contributed by atoms with E-state index >= 15 is 0 Å². The lowest BCUT2D eigenvalue weighted by Gasteiger charge is -2.16. The molecule has 148 valence electrons. The molecule has 0 aliphatic carbocycles. The maximum Gasteiger partial charge on any atom is 0.0418 e. The van der Waals surface area contributed by atoms with Gasteiger partial charge in [-0.2, -0.15) is 0 Å². The number of hydrogen-bond donors (Lipinski definition) is 2. The van der Waals surface area contributed by atoms with Gasteiger partial charge in [0.2, 0.25) is 0 Å². The van der Waals surface area contributed by atoms with Crippen LogP contribution in [0.4, 0.5) is 17.1 Å². The monoisotopic (exact) mass is 366 g/mol. The quantitative estimate of drug-likeness (QED) is 0.352. The van der Waals surface area contributed by atoms with Gasteiger partial charge in [0.05, 0.1) is 0 Å². The van der Waals surface area contributed by atoms with Crippen LogP contribution in [0.25, 0.3) is 0 Å². The highest BCUT2D eigenvalue weighted by molar-refractivity contribution is 5.66. The fraction of sp³-hybridized carbons (Fsp3) is 0.520. The van der Waals surface area contributed by atoms with Gasteiger partial charge in [0.25, 0.3) is 0 Å². The van der Waals surface area contributed by atoms with E-state index in [1.165, 1.54) is 68.3 Å². The van der Waals surface area contributed by atoms with E-state index in [0.717, 1.165) is 12.1 Å². The largest absolute Gasteiger partial charge is 0.383 e. The number of hydrogen-bond acceptors (Lipinski definition) is 2. The van der Waals surface area contributed by atoms with E-state index in [1.807, 2.05) is 0 Å². The van der Waals surface area contributed by atoms with Gasteiger partial charge in [0, 0.05) is 23.1 Å². The third kappa shape index (κ3) is 8.51. The molecule has 0 atom stereocenters. The summed E-state index contributed by atoms with van der Waals surface area (Å²) in [5, 5.41) is 7.14. The van der Waals surface area contributed by atoms with Crippen molar-refractivity contribution in [2.45, 2.75) is 84.6 Å². The topological polar surface area (TPSA) is 24.1 Å². The Bertz CT molecular complexity index is 634. The van der Waals surface area contributed by atoms with Crippen LogP contribution in [0.5, 0.6) is 0 Å². The van der Waals surface area contributed by atoms with Crippen LogP contribution in [-0.4, -0.2) is 6.04 Å². The lowest BCUT2D eigenvalue weighted by atomic mass is 10.0. The molecule has 2 N–H and O–H groups in total. The van der Waals surface area contributed by atoms with E-state index in [0.29, 0.717) is 6.04 Å². The summed E-state index contributed by atoms with van der Waals surface area (Å²) in [7, 11) is 0. The maximum absolute atomic E-state index is 3.60. The van der Waals surface area contributed by atoms with Crippen LogP contribution < -0.4 is 10.6 Å². The Balaban J connectivity index is 1.91. The molecule has 2 heteroatoms. The third-order valence-electron chi connectivity index (χ3n) is 4.91. The number of rotatable bonds is 13. The zero-order valence-electron chi connectivity index (χ0n) is 17.6. The van der Waals surface area contributed by atoms with Crippen LogP contribution in [0.1, 0.15) is 77.7 Å². The van der Waals surface area contributed by atoms with E-state index in [9.17, 15) is 0 Å². The summed E-state index contributed by atoms with van der Waals surface area (Å²) in [4.78, 5) is 0. The first kappa shape index (κ1) is 21.3. The zero-order valence-corrected chi connectivity index (χ0v) is 17.6. The van der Waals surface area contributed by atoms with Gasteiger partial charge in [0.15, 0.2) is 0 Å². The fourth-order valence-corrected chi connectivity index (χ4v) is 3.47. The summed E-state index contributed by atoms with van der Waals surface area (Å²) in [6.07, 6.45) is 12.0. The molecule has 0 aliphatic heterocycles. The van der Waals surface area contributed by atoms with Gasteiger partial charge >= 0.3 is 0 Å². The molecule has 2 nitrogen and oxygen atoms in total. The molecule has 0 aliphatic rings. The standard InChI is InChI=1S/C25H38N2/c1-4-5-6-7-8-9-10-12-15-22-20-24(26-21(2)3)18-19-25(22)27-23-16-13-11-14-17-23/h11,13-14,16-21,26-27H,4-10,12,15H2,1-3H3. The van der Waals surface area contributed by atoms with Crippen molar-refractivity contribution in [3.05, 3.63) is 54.1 Å². The van der Waals surface area contributed by atoms with E-state index in [-0.39, 0.29) is 0 Å². The molecule has 0 saturated heterocycles. The zero-order chi connectivity index (χ0) is 19.3. The molecular weight excluding hydrogens is 328 g/mol. The molecule has 2 rings (SSSR count). The number of nitrogens with one attached hydrogen (secondary N) is 2. The van der Waals surface area contributed by atoms with Crippen molar-refractivity contribution >= 4 is 17.1 Å². The van der Waals surface area contributed by atoms with Gasteiger partial charge in [-0.1, -0.05) is 70.1 Å². The Hall–Kier alpha value is -1.96. The number of unbranched alkanes of at least 4 members (excludes halogenated alkanes) is 7. The van der Waals surface area contributed by atoms with E-state index < -0.39 is 0 Å². The Labute approximate surface area is 166 Å². The van der Waals surface area contributed by atoms with Crippen LogP contribution in [0.15, 0.2) is 48.5 Å². The first-order valence-electron chi connectivity index (χ1n) is 10.9. The molecule has 27 heavy (non-hydrogen) atoms. The highest BCUT2D eigenvalue weighted by Crippen LogP contribution is 2.26. The van der Waals surface area contributed by atoms with E-state index in [2.05, 4.69) is 79.9 Å². The van der Waals surface area contributed by atoms with Crippen molar-refractivity contribution in [2.24, 2.45) is 0 Å². The second-order valence-electron chi connectivity index (χ2n) is 7.89. The molecule has 2 aromatic rings. The Morgan fingerprint density at radius 2 is 1.41 bits per heavy atom. The molecule has 0 amide bonds. The Kier molecular flexibility index (Phi) is 9.83. The summed E-state index contributed by atoms with van der Waals surface area (Å²) < 4.78 is 0. The minimum Gasteiger partial charge on any atom is -0.383 e. The van der Waals surface area contributed by atoms with Gasteiger partial charge in [-0.15, -0.1) is 0 Å². The van der Waals surface area contributed by atoms with Crippen molar-refractivity contribution in [3.63, 3.8) is 0 Å². The molecule has 0 bridgehead atoms. The van der Waals surface area contributed by atoms with Crippen molar-refractivity contribution in [1.29, 1.82) is 0 Å². The lowest BCUT2D eigenvalue weighted by molar-refractivity contribution is 0.575. The second kappa shape index (κ2) is 12.4. The number of benzene rings is 2. The van der Waals surface area contributed by atoms with Gasteiger partial charge in [-0.25, -0.2) is 0 Å². The van der Waals surface area contributed by atoms with Crippen LogP contribution in [0.2, 0.25) is 0 Å². The van der Waals surface area contributed by atoms with Crippen molar-refractivity contribution in [3.8, 4) is 0 Å². The number of anilines is 3. The van der Waals surface area contributed by atoms with Crippen LogP contribution in [0, 0.1) is 0 Å². The van der Waals surface area contributed by atoms with Crippen molar-refractivity contribution in [2.75, 3.05) is 10.6 Å². The minimum atomic E-state index is 0.453. The first-order valence-corrected chi connectivity index (χ1v) is 10.9. The molecule has 0 spiro atoms. The predicted molar refractivity (Wildman–Crippen MR) is 121 cm³/mol. The van der Waals surface area contributed by atoms with E-state index in [4.69, 9.17) is 0 Å². The molecule has 0 saturated carbocycles. The lowest BCUT2D eigenvalue weighted by Crippen LogP contribution is -2.10. The van der Waals surface area contributed by atoms with Gasteiger partial charge in [-0.3, -0.25) is 0 Å². The fourth-order valence-electron chi connectivity index (χ4n) is 3.47. The minimum absolute atomic E-state index is 0.453.